The number of hydrogen-bond acceptors (Lipinski definition) is 9. The summed E-state index contributed by atoms with van der Waals surface area (Å²) in [4.78, 5) is 57.2. The molecule has 2 aliphatic rings. The van der Waals surface area contributed by atoms with Crippen LogP contribution >= 0.6 is 44.3 Å². The molecule has 210 valence electrons. The first-order chi connectivity index (χ1) is 18.6. The number of carbonyl (C=O) groups excluding carboxylic acids is 4. The fourth-order valence-electron chi connectivity index (χ4n) is 4.28. The van der Waals surface area contributed by atoms with Crippen molar-refractivity contribution in [1.82, 2.24) is 0 Å². The number of anilines is 2. The minimum absolute atomic E-state index is 0. The topological polar surface area (TPSA) is 204 Å². The number of benzene rings is 4. The Hall–Kier alpha value is -3.23. The van der Waals surface area contributed by atoms with Crippen molar-refractivity contribution < 1.29 is 54.2 Å². The monoisotopic (exact) mass is 725 g/mol. The van der Waals surface area contributed by atoms with Crippen LogP contribution in [0.1, 0.15) is 63.7 Å². The van der Waals surface area contributed by atoms with Crippen LogP contribution in [0.2, 0.25) is 0 Å². The summed E-state index contributed by atoms with van der Waals surface area (Å²) in [5.74, 6) is -0.583. The molecule has 0 atom stereocenters. The second-order valence-corrected chi connectivity index (χ2v) is 10.2. The second-order valence-electron chi connectivity index (χ2n) is 8.38. The Kier molecular flexibility index (Phi) is 13.4. The van der Waals surface area contributed by atoms with Crippen molar-refractivity contribution in [3.05, 3.63) is 136 Å². The quantitative estimate of drug-likeness (QED) is 0.103. The first-order valence-electron chi connectivity index (χ1n) is 11.1. The molecule has 0 bridgehead atoms. The zero-order valence-corrected chi connectivity index (χ0v) is 27.6. The molecule has 0 fully saturated rings. The van der Waals surface area contributed by atoms with E-state index in [1.54, 1.807) is 60.7 Å². The van der Waals surface area contributed by atoms with E-state index in [0.29, 0.717) is 55.9 Å². The number of carbonyl (C=O) groups is 4. The maximum Gasteiger partial charge on any atom is 1.00 e. The van der Waals surface area contributed by atoms with Crippen molar-refractivity contribution in [2.45, 2.75) is 0 Å². The van der Waals surface area contributed by atoms with Crippen LogP contribution in [0.15, 0.2) is 87.1 Å². The third kappa shape index (κ3) is 7.21. The molecule has 6 rings (SSSR count). The molecule has 6 N–H and O–H groups in total. The largest absolute Gasteiger partial charge is 1.00 e. The second kappa shape index (κ2) is 15.3. The van der Waals surface area contributed by atoms with Crippen LogP contribution in [0, 0.1) is 10.1 Å². The van der Waals surface area contributed by atoms with Gasteiger partial charge in [0.25, 0.3) is 0 Å². The van der Waals surface area contributed by atoms with Gasteiger partial charge >= 0.3 is 29.6 Å². The van der Waals surface area contributed by atoms with E-state index >= 15 is 0 Å². The Morgan fingerprint density at radius 1 is 0.524 bits per heavy atom. The van der Waals surface area contributed by atoms with Gasteiger partial charge in [0.2, 0.25) is 0 Å². The molecule has 0 aromatic heterocycles. The first kappa shape index (κ1) is 36.8. The molecule has 42 heavy (non-hydrogen) atoms. The molecule has 2 aliphatic carbocycles. The Morgan fingerprint density at radius 3 is 1.05 bits per heavy atom. The van der Waals surface area contributed by atoms with E-state index in [1.165, 1.54) is 12.1 Å². The molecule has 4 aromatic carbocycles. The Bertz CT molecular complexity index is 1490. The van der Waals surface area contributed by atoms with E-state index in [9.17, 15) is 19.2 Å². The van der Waals surface area contributed by atoms with E-state index < -0.39 is 0 Å². The summed E-state index contributed by atoms with van der Waals surface area (Å²) in [5, 5.41) is 9.00. The molecule has 14 heteroatoms. The number of rotatable bonds is 0. The van der Waals surface area contributed by atoms with Crippen molar-refractivity contribution in [3.8, 4) is 0 Å². The third-order valence-electron chi connectivity index (χ3n) is 6.01. The average Bonchev–Trinajstić information content (AvgIpc) is 2.91. The van der Waals surface area contributed by atoms with Gasteiger partial charge in [-0.2, -0.15) is 0 Å². The molecule has 0 unspecified atom stereocenters. The zero-order chi connectivity index (χ0) is 28.4. The zero-order valence-electron chi connectivity index (χ0n) is 21.6. The smallest absolute Gasteiger partial charge is 0.444 e. The summed E-state index contributed by atoms with van der Waals surface area (Å²) in [6, 6.07) is 19.8. The molecule has 0 saturated carbocycles. The van der Waals surface area contributed by atoms with E-state index in [4.69, 9.17) is 21.6 Å². The maximum absolute atomic E-state index is 12.3. The third-order valence-corrected chi connectivity index (χ3v) is 6.99. The van der Waals surface area contributed by atoms with E-state index in [2.05, 4.69) is 31.9 Å². The van der Waals surface area contributed by atoms with Gasteiger partial charge in [0.1, 0.15) is 0 Å². The van der Waals surface area contributed by atoms with Crippen molar-refractivity contribution in [1.29, 1.82) is 0 Å². The van der Waals surface area contributed by atoms with E-state index in [1.807, 2.05) is 0 Å². The SMILES string of the molecule is Cl.Nc1ccc2c(c1)C(=O)c1ccc(N)cc1C2=O.O.O=C1c2ccc(Br)cc2C(=O)c2ccc(Br)cc21.O=N[O-].[Na+]. The normalized spacial score (nSPS) is 11.6. The van der Waals surface area contributed by atoms with Gasteiger partial charge in [0, 0.05) is 64.8 Å². The molecule has 0 spiro atoms. The molecular weight excluding hydrogens is 709 g/mol. The van der Waals surface area contributed by atoms with Crippen LogP contribution in [0.25, 0.3) is 0 Å². The molecule has 4 aromatic rings. The van der Waals surface area contributed by atoms with Gasteiger partial charge < -0.3 is 27.1 Å². The number of halogens is 3. The van der Waals surface area contributed by atoms with Gasteiger partial charge in [0.05, 0.1) is 0 Å². The minimum atomic E-state index is -0.188. The number of nitrogens with zero attached hydrogens (tertiary/aromatic N) is 1. The van der Waals surface area contributed by atoms with Crippen LogP contribution in [0.3, 0.4) is 0 Å². The van der Waals surface area contributed by atoms with Crippen molar-refractivity contribution in [3.63, 3.8) is 0 Å². The molecule has 0 radical (unpaired) electrons. The Balaban J connectivity index is 0.000000361. The molecule has 0 heterocycles. The number of ketones is 4. The summed E-state index contributed by atoms with van der Waals surface area (Å²) in [7, 11) is 0. The number of fused-ring (bicyclic) bond motifs is 4. The summed E-state index contributed by atoms with van der Waals surface area (Å²) >= 11 is 6.64. The van der Waals surface area contributed by atoms with Crippen molar-refractivity contribution in [2.75, 3.05) is 11.5 Å². The van der Waals surface area contributed by atoms with Gasteiger partial charge in [-0.1, -0.05) is 31.9 Å². The Labute approximate surface area is 284 Å². The van der Waals surface area contributed by atoms with Gasteiger partial charge in [-0.15, -0.1) is 17.7 Å². The number of nitrogens with two attached hydrogens (primary N) is 2. The summed E-state index contributed by atoms with van der Waals surface area (Å²) in [6.45, 7) is 0. The van der Waals surface area contributed by atoms with E-state index in [-0.39, 0.29) is 70.6 Å². The first-order valence-corrected chi connectivity index (χ1v) is 12.7. The van der Waals surface area contributed by atoms with Crippen LogP contribution in [-0.4, -0.2) is 28.6 Å². The van der Waals surface area contributed by atoms with E-state index in [0.717, 1.165) is 14.3 Å². The number of nitrogen functional groups attached to an aromatic ring is 2. The average molecular weight is 728 g/mol. The van der Waals surface area contributed by atoms with Crippen LogP contribution < -0.4 is 41.0 Å². The van der Waals surface area contributed by atoms with Gasteiger partial charge in [-0.05, 0) is 72.8 Å². The van der Waals surface area contributed by atoms with Crippen LogP contribution in [-0.2, 0) is 0 Å². The molecule has 0 saturated heterocycles. The van der Waals surface area contributed by atoms with Gasteiger partial charge in [-0.25, -0.2) is 0 Å². The standard InChI is InChI=1S/C14H6Br2O2.C14H10N2O2.ClH.HNO2.Na.H2O/c2*15-7-1-3-9-11(5-7)14(18)10-4-2-8(16)6-12(10)13(9)17;;2-1-3;;/h1-6H;1-6H,15-16H2;1H;(H,2,3);;1H2/q;;;;+1;/p-1. The van der Waals surface area contributed by atoms with Gasteiger partial charge in [-0.3, -0.25) is 19.2 Å². The van der Waals surface area contributed by atoms with Crippen LogP contribution in [0.5, 0.6) is 0 Å². The predicted octanol–water partition coefficient (Wildman–Crippen LogP) is 2.47. The fourth-order valence-corrected chi connectivity index (χ4v) is 5.00. The fraction of sp³-hybridized carbons (Fsp3) is 0. The summed E-state index contributed by atoms with van der Waals surface area (Å²) < 4.78 is 1.59. The van der Waals surface area contributed by atoms with Gasteiger partial charge in [0.15, 0.2) is 23.1 Å². The molecular formula is C28H19Br2ClN3NaO7. The van der Waals surface area contributed by atoms with Crippen molar-refractivity contribution in [2.24, 2.45) is 5.34 Å². The minimum Gasteiger partial charge on any atom is -0.444 e. The van der Waals surface area contributed by atoms with Crippen LogP contribution in [0.4, 0.5) is 11.4 Å². The number of hydrogen-bond donors (Lipinski definition) is 2. The molecule has 10 nitrogen and oxygen atoms in total. The molecule has 0 amide bonds. The summed E-state index contributed by atoms with van der Waals surface area (Å²) in [6.07, 6.45) is 0. The predicted molar refractivity (Wildman–Crippen MR) is 164 cm³/mol. The molecule has 0 aliphatic heterocycles. The maximum atomic E-state index is 12.3. The summed E-state index contributed by atoms with van der Waals surface area (Å²) in [5.41, 5.74) is 15.6. The van der Waals surface area contributed by atoms with Crippen molar-refractivity contribution >= 4 is 78.8 Å². The Morgan fingerprint density at radius 2 is 0.762 bits per heavy atom.